The van der Waals surface area contributed by atoms with E-state index in [9.17, 15) is 19.5 Å². The Bertz CT molecular complexity index is 2260. The fraction of sp³-hybridized carbons (Fsp3) is 0.179. The van der Waals surface area contributed by atoms with Gasteiger partial charge in [-0.1, -0.05) is 97.1 Å². The van der Waals surface area contributed by atoms with Gasteiger partial charge in [-0.05, 0) is 65.4 Å². The topological polar surface area (TPSA) is 103 Å². The number of fused-ring (bicyclic) bond motifs is 4. The van der Waals surface area contributed by atoms with E-state index >= 15 is 4.79 Å². The number of aromatic hydroxyl groups is 1. The van der Waals surface area contributed by atoms with Crippen molar-refractivity contribution in [1.82, 2.24) is 13.9 Å². The zero-order valence-corrected chi connectivity index (χ0v) is 25.6. The van der Waals surface area contributed by atoms with Crippen LogP contribution < -0.4 is 11.4 Å². The smallest absolute Gasteiger partial charge is 0.352 e. The molecule has 47 heavy (non-hydrogen) atoms. The first-order valence-corrected chi connectivity index (χ1v) is 15.7. The average Bonchev–Trinajstić information content (AvgIpc) is 3.36. The maximum absolute atomic E-state index is 15.0. The number of Topliss-reactive ketones (excluding diaryl/α,β-unsaturated/α-hetero) is 1. The number of aromatic nitrogens is 3. The molecule has 0 saturated heterocycles. The van der Waals surface area contributed by atoms with E-state index in [4.69, 9.17) is 0 Å². The van der Waals surface area contributed by atoms with Crippen molar-refractivity contribution in [2.75, 3.05) is 0 Å². The molecule has 0 radical (unpaired) electrons. The summed E-state index contributed by atoms with van der Waals surface area (Å²) in [5, 5.41) is 10.5. The molecule has 8 nitrogen and oxygen atoms in total. The van der Waals surface area contributed by atoms with Crippen molar-refractivity contribution in [3.8, 4) is 11.4 Å². The number of aryl methyl sites for hydroxylation is 1. The van der Waals surface area contributed by atoms with Crippen molar-refractivity contribution in [1.29, 1.82) is 0 Å². The summed E-state index contributed by atoms with van der Waals surface area (Å²) in [6.07, 6.45) is 3.59. The molecule has 3 aliphatic rings. The van der Waals surface area contributed by atoms with E-state index in [-0.39, 0.29) is 30.3 Å². The van der Waals surface area contributed by atoms with Gasteiger partial charge in [0.1, 0.15) is 5.75 Å². The Labute approximate surface area is 270 Å². The minimum atomic E-state index is -1.34. The molecule has 1 N–H and O–H groups in total. The maximum atomic E-state index is 15.0. The number of benzene rings is 4. The molecule has 4 unspecified atom stereocenters. The van der Waals surface area contributed by atoms with E-state index in [1.807, 2.05) is 78.9 Å². The van der Waals surface area contributed by atoms with Crippen LogP contribution in [0, 0.1) is 12.8 Å². The number of phenols is 1. The van der Waals surface area contributed by atoms with Crippen LogP contribution in [-0.2, 0) is 21.5 Å². The van der Waals surface area contributed by atoms with E-state index in [1.54, 1.807) is 43.3 Å². The Hall–Kier alpha value is -5.76. The van der Waals surface area contributed by atoms with Gasteiger partial charge in [0.05, 0.1) is 23.7 Å². The normalized spacial score (nSPS) is 23.3. The van der Waals surface area contributed by atoms with Gasteiger partial charge in [-0.2, -0.15) is 0 Å². The van der Waals surface area contributed by atoms with Crippen LogP contribution in [0.1, 0.15) is 40.6 Å². The molecule has 0 bridgehead atoms. The second-order valence-electron chi connectivity index (χ2n) is 12.5. The number of carbonyl (C=O) groups excluding carboxylic acids is 2. The zero-order chi connectivity index (χ0) is 32.4. The van der Waals surface area contributed by atoms with Crippen molar-refractivity contribution >= 4 is 17.1 Å². The van der Waals surface area contributed by atoms with Crippen LogP contribution in [0.25, 0.3) is 11.3 Å². The van der Waals surface area contributed by atoms with Crippen LogP contribution in [0.5, 0.6) is 5.75 Å². The summed E-state index contributed by atoms with van der Waals surface area (Å²) in [5.41, 5.74) is 2.00. The van der Waals surface area contributed by atoms with Gasteiger partial charge in [0, 0.05) is 17.4 Å². The molecule has 8 heteroatoms. The average molecular weight is 622 g/mol. The highest BCUT2D eigenvalue weighted by molar-refractivity contribution is 6.31. The lowest BCUT2D eigenvalue weighted by atomic mass is 9.47. The number of ketones is 2. The lowest BCUT2D eigenvalue weighted by Crippen LogP contribution is -2.58. The molecule has 232 valence electrons. The summed E-state index contributed by atoms with van der Waals surface area (Å²) < 4.78 is 4.08. The van der Waals surface area contributed by atoms with E-state index in [0.29, 0.717) is 28.0 Å². The Kier molecular flexibility index (Phi) is 6.51. The third kappa shape index (κ3) is 4.07. The van der Waals surface area contributed by atoms with Crippen molar-refractivity contribution in [3.05, 3.63) is 170 Å². The second kappa shape index (κ2) is 10.7. The molecule has 1 saturated carbocycles. The number of para-hydroxylation sites is 1. The van der Waals surface area contributed by atoms with Gasteiger partial charge < -0.3 is 5.11 Å². The molecule has 1 aliphatic heterocycles. The monoisotopic (exact) mass is 621 g/mol. The molecular formula is C39H31N3O5. The Morgan fingerprint density at radius 2 is 1.45 bits per heavy atom. The third-order valence-electron chi connectivity index (χ3n) is 10.2. The van der Waals surface area contributed by atoms with E-state index in [0.717, 1.165) is 11.1 Å². The number of hydrogen-bond acceptors (Lipinski definition) is 5. The third-order valence-corrected chi connectivity index (χ3v) is 10.2. The molecule has 8 rings (SSSR count). The summed E-state index contributed by atoms with van der Waals surface area (Å²) in [4.78, 5) is 58.0. The Morgan fingerprint density at radius 1 is 0.787 bits per heavy atom. The molecule has 2 heterocycles. The highest BCUT2D eigenvalue weighted by Crippen LogP contribution is 2.61. The van der Waals surface area contributed by atoms with Crippen LogP contribution in [0.3, 0.4) is 0 Å². The first kappa shape index (κ1) is 28.7. The molecular weight excluding hydrogens is 590 g/mol. The van der Waals surface area contributed by atoms with Crippen LogP contribution >= 0.6 is 0 Å². The van der Waals surface area contributed by atoms with Gasteiger partial charge in [-0.25, -0.2) is 23.5 Å². The Morgan fingerprint density at radius 3 is 2.13 bits per heavy atom. The quantitative estimate of drug-likeness (QED) is 0.276. The SMILES string of the molecule is Cc1cc(C2C3=CCn4c(=O)n(-c5ccccc5)c(=O)n4C3CC3C(=O)C(c4ccccc4)=CC(=O)C32c2ccccc2)ccc1O. The summed E-state index contributed by atoms with van der Waals surface area (Å²) >= 11 is 0. The summed E-state index contributed by atoms with van der Waals surface area (Å²) in [5.74, 6) is -1.80. The largest absolute Gasteiger partial charge is 0.508 e. The second-order valence-corrected chi connectivity index (χ2v) is 12.5. The molecule has 1 aromatic heterocycles. The predicted molar refractivity (Wildman–Crippen MR) is 178 cm³/mol. The summed E-state index contributed by atoms with van der Waals surface area (Å²) in [6.45, 7) is 1.92. The molecule has 5 aromatic rings. The summed E-state index contributed by atoms with van der Waals surface area (Å²) in [7, 11) is 0. The van der Waals surface area contributed by atoms with Gasteiger partial charge in [-0.15, -0.1) is 0 Å². The number of phenolic OH excluding ortho intramolecular Hbond substituents is 1. The summed E-state index contributed by atoms with van der Waals surface area (Å²) in [6, 6.07) is 32.0. The molecule has 4 atom stereocenters. The van der Waals surface area contributed by atoms with Crippen molar-refractivity contribution in [2.24, 2.45) is 5.92 Å². The lowest BCUT2D eigenvalue weighted by molar-refractivity contribution is -0.133. The number of rotatable bonds is 4. The fourth-order valence-electron chi connectivity index (χ4n) is 8.17. The number of hydrogen-bond donors (Lipinski definition) is 1. The minimum absolute atomic E-state index is 0.117. The molecule has 4 aromatic carbocycles. The Balaban J connectivity index is 1.43. The van der Waals surface area contributed by atoms with Crippen LogP contribution in [0.2, 0.25) is 0 Å². The molecule has 0 amide bonds. The standard InChI is InChI=1S/C39H31N3O5/c1-24-21-26(17-18-33(24)43)35-29-19-20-40-37(46)41(28-15-9-4-10-16-28)38(47)42(40)32(29)23-31-36(45)30(25-11-5-2-6-12-25)22-34(44)39(31,35)27-13-7-3-8-14-27/h2-19,21-22,31-32,35,43H,20,23H2,1H3. The predicted octanol–water partition coefficient (Wildman–Crippen LogP) is 5.27. The van der Waals surface area contributed by atoms with E-state index in [1.165, 1.54) is 20.0 Å². The minimum Gasteiger partial charge on any atom is -0.508 e. The van der Waals surface area contributed by atoms with Crippen molar-refractivity contribution < 1.29 is 14.7 Å². The number of carbonyl (C=O) groups is 2. The first-order valence-electron chi connectivity index (χ1n) is 15.7. The first-order chi connectivity index (χ1) is 22.8. The maximum Gasteiger partial charge on any atom is 0.352 e. The van der Waals surface area contributed by atoms with Crippen LogP contribution in [-0.4, -0.2) is 30.6 Å². The highest BCUT2D eigenvalue weighted by Gasteiger charge is 2.63. The molecule has 0 spiro atoms. The van der Waals surface area contributed by atoms with E-state index < -0.39 is 34.7 Å². The zero-order valence-electron chi connectivity index (χ0n) is 25.6. The van der Waals surface area contributed by atoms with Gasteiger partial charge in [0.2, 0.25) is 0 Å². The van der Waals surface area contributed by atoms with Crippen molar-refractivity contribution in [2.45, 2.75) is 37.3 Å². The number of allylic oxidation sites excluding steroid dienone is 4. The highest BCUT2D eigenvalue weighted by atomic mass is 16.3. The van der Waals surface area contributed by atoms with Crippen LogP contribution in [0.15, 0.2) is 137 Å². The van der Waals surface area contributed by atoms with E-state index in [2.05, 4.69) is 0 Å². The van der Waals surface area contributed by atoms with Gasteiger partial charge in [0.15, 0.2) is 11.6 Å². The van der Waals surface area contributed by atoms with Gasteiger partial charge in [0.25, 0.3) is 0 Å². The molecule has 1 fully saturated rings. The number of nitrogens with zero attached hydrogens (tertiary/aromatic N) is 3. The van der Waals surface area contributed by atoms with Crippen molar-refractivity contribution in [3.63, 3.8) is 0 Å². The lowest BCUT2D eigenvalue weighted by Gasteiger charge is -2.54. The fourth-order valence-corrected chi connectivity index (χ4v) is 8.17. The van der Waals surface area contributed by atoms with Gasteiger partial charge in [-0.3, -0.25) is 9.59 Å². The molecule has 2 aliphatic carbocycles. The van der Waals surface area contributed by atoms with Gasteiger partial charge >= 0.3 is 11.4 Å². The van der Waals surface area contributed by atoms with Crippen LogP contribution in [0.4, 0.5) is 0 Å².